The maximum Gasteiger partial charge on any atom is 0.308 e. The molecule has 2 aliphatic rings. The Bertz CT molecular complexity index is 912. The SMILES string of the molecule is C[C@@H](OC(=O)CCN=C1NS(=O)(=O)c2ccccc21)C(=O)N[C@H]1CCCC[C@@H]1C. The average molecular weight is 422 g/mol. The number of rotatable bonds is 6. The number of aliphatic imine (C=N–C) groups is 1. The van der Waals surface area contributed by atoms with Crippen LogP contribution in [0.25, 0.3) is 0 Å². The van der Waals surface area contributed by atoms with E-state index in [1.54, 1.807) is 25.1 Å². The Hall–Kier alpha value is -2.42. The van der Waals surface area contributed by atoms with Crippen molar-refractivity contribution in [2.45, 2.75) is 63.0 Å². The minimum absolute atomic E-state index is 0.0507. The molecule has 0 spiro atoms. The first-order valence-corrected chi connectivity index (χ1v) is 11.4. The van der Waals surface area contributed by atoms with E-state index in [4.69, 9.17) is 4.74 Å². The number of amides is 1. The summed E-state index contributed by atoms with van der Waals surface area (Å²) in [5.74, 6) is -0.210. The van der Waals surface area contributed by atoms with Crippen LogP contribution in [0, 0.1) is 5.92 Å². The number of hydrogen-bond donors (Lipinski definition) is 2. The Morgan fingerprint density at radius 1 is 1.28 bits per heavy atom. The number of nitrogens with one attached hydrogen (secondary N) is 2. The Labute approximate surface area is 171 Å². The highest BCUT2D eigenvalue weighted by Crippen LogP contribution is 2.24. The molecule has 0 unspecified atom stereocenters. The number of nitrogens with zero attached hydrogens (tertiary/aromatic N) is 1. The summed E-state index contributed by atoms with van der Waals surface area (Å²) in [4.78, 5) is 28.7. The third kappa shape index (κ3) is 5.14. The van der Waals surface area contributed by atoms with Gasteiger partial charge in [-0.05, 0) is 37.8 Å². The third-order valence-corrected chi connectivity index (χ3v) is 6.76. The first-order valence-electron chi connectivity index (χ1n) is 9.94. The normalized spacial score (nSPS) is 25.0. The van der Waals surface area contributed by atoms with Gasteiger partial charge in [0, 0.05) is 11.6 Å². The van der Waals surface area contributed by atoms with Gasteiger partial charge >= 0.3 is 5.97 Å². The molecule has 3 atom stereocenters. The number of carbonyl (C=O) groups excluding carboxylic acids is 2. The molecule has 1 saturated carbocycles. The number of ether oxygens (including phenoxy) is 1. The van der Waals surface area contributed by atoms with Crippen molar-refractivity contribution >= 4 is 27.7 Å². The van der Waals surface area contributed by atoms with Gasteiger partial charge in [-0.15, -0.1) is 0 Å². The molecule has 1 fully saturated rings. The summed E-state index contributed by atoms with van der Waals surface area (Å²) >= 11 is 0. The molecule has 1 aliphatic carbocycles. The fraction of sp³-hybridized carbons (Fsp3) is 0.550. The fourth-order valence-electron chi connectivity index (χ4n) is 3.65. The van der Waals surface area contributed by atoms with E-state index in [0.717, 1.165) is 19.3 Å². The van der Waals surface area contributed by atoms with Crippen molar-refractivity contribution < 1.29 is 22.7 Å². The molecule has 0 radical (unpaired) electrons. The van der Waals surface area contributed by atoms with E-state index in [2.05, 4.69) is 22.0 Å². The third-order valence-electron chi connectivity index (χ3n) is 5.37. The maximum atomic E-state index is 12.3. The van der Waals surface area contributed by atoms with Crippen molar-refractivity contribution in [2.75, 3.05) is 6.54 Å². The van der Waals surface area contributed by atoms with Crippen LogP contribution in [0.1, 0.15) is 51.5 Å². The lowest BCUT2D eigenvalue weighted by Crippen LogP contribution is -2.46. The molecule has 0 aromatic heterocycles. The summed E-state index contributed by atoms with van der Waals surface area (Å²) in [5, 5.41) is 2.97. The second kappa shape index (κ2) is 8.94. The quantitative estimate of drug-likeness (QED) is 0.679. The molecular formula is C20H27N3O5S. The van der Waals surface area contributed by atoms with Gasteiger partial charge in [-0.25, -0.2) is 8.42 Å². The first kappa shape index (κ1) is 21.3. The van der Waals surface area contributed by atoms with Gasteiger partial charge in [-0.2, -0.15) is 0 Å². The number of esters is 1. The molecule has 2 N–H and O–H groups in total. The summed E-state index contributed by atoms with van der Waals surface area (Å²) in [6.07, 6.45) is 3.38. The topological polar surface area (TPSA) is 114 Å². The largest absolute Gasteiger partial charge is 0.452 e. The van der Waals surface area contributed by atoms with E-state index in [0.29, 0.717) is 11.5 Å². The van der Waals surface area contributed by atoms with Crippen molar-refractivity contribution in [1.82, 2.24) is 10.0 Å². The molecule has 29 heavy (non-hydrogen) atoms. The van der Waals surface area contributed by atoms with Gasteiger partial charge in [0.25, 0.3) is 15.9 Å². The van der Waals surface area contributed by atoms with Gasteiger partial charge in [-0.3, -0.25) is 19.3 Å². The molecule has 8 nitrogen and oxygen atoms in total. The average Bonchev–Trinajstić information content (AvgIpc) is 2.94. The summed E-state index contributed by atoms with van der Waals surface area (Å²) in [6, 6.07) is 6.64. The number of carbonyl (C=O) groups is 2. The lowest BCUT2D eigenvalue weighted by molar-refractivity contribution is -0.155. The van der Waals surface area contributed by atoms with Gasteiger partial charge in [0.1, 0.15) is 5.84 Å². The zero-order chi connectivity index (χ0) is 21.0. The summed E-state index contributed by atoms with van der Waals surface area (Å²) in [7, 11) is -3.60. The standard InChI is InChI=1S/C20H27N3O5S/c1-13-7-3-5-9-16(13)22-20(25)14(2)28-18(24)11-12-21-19-15-8-4-6-10-17(15)29(26,27)23-19/h4,6,8,10,13-14,16H,3,5,7,9,11-12H2,1-2H3,(H,21,23)(H,22,25)/t13-,14+,16-/m0/s1. The molecule has 1 heterocycles. The molecule has 158 valence electrons. The highest BCUT2D eigenvalue weighted by Gasteiger charge is 2.30. The predicted molar refractivity (Wildman–Crippen MR) is 108 cm³/mol. The summed E-state index contributed by atoms with van der Waals surface area (Å²) in [6.45, 7) is 3.72. The summed E-state index contributed by atoms with van der Waals surface area (Å²) < 4.78 is 31.7. The van der Waals surface area contributed by atoms with Crippen LogP contribution in [0.4, 0.5) is 0 Å². The van der Waals surface area contributed by atoms with Crippen molar-refractivity contribution in [3.63, 3.8) is 0 Å². The van der Waals surface area contributed by atoms with Crippen LogP contribution in [0.2, 0.25) is 0 Å². The van der Waals surface area contributed by atoms with E-state index in [1.165, 1.54) is 12.5 Å². The molecule has 0 bridgehead atoms. The van der Waals surface area contributed by atoms with E-state index < -0.39 is 22.1 Å². The Morgan fingerprint density at radius 2 is 2.00 bits per heavy atom. The lowest BCUT2D eigenvalue weighted by Gasteiger charge is -2.30. The van der Waals surface area contributed by atoms with Gasteiger partial charge in [-0.1, -0.05) is 31.9 Å². The van der Waals surface area contributed by atoms with E-state index in [1.807, 2.05) is 0 Å². The molecule has 1 aliphatic heterocycles. The molecule has 9 heteroatoms. The zero-order valence-electron chi connectivity index (χ0n) is 16.7. The minimum Gasteiger partial charge on any atom is -0.452 e. The van der Waals surface area contributed by atoms with Crippen molar-refractivity contribution in [2.24, 2.45) is 10.9 Å². The highest BCUT2D eigenvalue weighted by molar-refractivity contribution is 7.90. The molecule has 3 rings (SSSR count). The van der Waals surface area contributed by atoms with E-state index in [9.17, 15) is 18.0 Å². The molecule has 1 aromatic rings. The minimum atomic E-state index is -3.60. The molecule has 0 saturated heterocycles. The number of sulfonamides is 1. The molecule has 1 amide bonds. The van der Waals surface area contributed by atoms with Crippen LogP contribution in [0.5, 0.6) is 0 Å². The summed E-state index contributed by atoms with van der Waals surface area (Å²) in [5.41, 5.74) is 0.482. The van der Waals surface area contributed by atoms with Crippen molar-refractivity contribution in [1.29, 1.82) is 0 Å². The molecule has 1 aromatic carbocycles. The lowest BCUT2D eigenvalue weighted by atomic mass is 9.86. The van der Waals surface area contributed by atoms with Crippen molar-refractivity contribution in [3.05, 3.63) is 29.8 Å². The van der Waals surface area contributed by atoms with Gasteiger partial charge in [0.05, 0.1) is 17.9 Å². The van der Waals surface area contributed by atoms with Crippen LogP contribution >= 0.6 is 0 Å². The second-order valence-electron chi connectivity index (χ2n) is 7.59. The van der Waals surface area contributed by atoms with Gasteiger partial charge in [0.2, 0.25) is 0 Å². The Kier molecular flexibility index (Phi) is 6.56. The maximum absolute atomic E-state index is 12.3. The smallest absolute Gasteiger partial charge is 0.308 e. The number of fused-ring (bicyclic) bond motifs is 1. The highest BCUT2D eigenvalue weighted by atomic mass is 32.2. The van der Waals surface area contributed by atoms with Gasteiger partial charge in [0.15, 0.2) is 6.10 Å². The van der Waals surface area contributed by atoms with Crippen LogP contribution in [-0.4, -0.2) is 44.8 Å². The number of benzene rings is 1. The van der Waals surface area contributed by atoms with Crippen LogP contribution < -0.4 is 10.0 Å². The fourth-order valence-corrected chi connectivity index (χ4v) is 4.90. The van der Waals surface area contributed by atoms with Crippen LogP contribution in [-0.2, 0) is 24.3 Å². The van der Waals surface area contributed by atoms with Gasteiger partial charge < -0.3 is 10.1 Å². The Morgan fingerprint density at radius 3 is 2.76 bits per heavy atom. The van der Waals surface area contributed by atoms with E-state index in [-0.39, 0.29) is 35.6 Å². The first-order chi connectivity index (χ1) is 13.8. The number of hydrogen-bond acceptors (Lipinski definition) is 6. The zero-order valence-corrected chi connectivity index (χ0v) is 17.5. The van der Waals surface area contributed by atoms with E-state index >= 15 is 0 Å². The number of amidine groups is 1. The van der Waals surface area contributed by atoms with Crippen LogP contribution in [0.15, 0.2) is 34.2 Å². The van der Waals surface area contributed by atoms with Crippen molar-refractivity contribution in [3.8, 4) is 0 Å². The predicted octanol–water partition coefficient (Wildman–Crippen LogP) is 1.74. The molecular weight excluding hydrogens is 394 g/mol. The van der Waals surface area contributed by atoms with Crippen LogP contribution in [0.3, 0.4) is 0 Å². The second-order valence-corrected chi connectivity index (χ2v) is 9.24. The monoisotopic (exact) mass is 421 g/mol. The Balaban J connectivity index is 1.49.